The van der Waals surface area contributed by atoms with Crippen LogP contribution in [0.3, 0.4) is 0 Å². The van der Waals surface area contributed by atoms with Crippen LogP contribution >= 0.6 is 0 Å². The standard InChI is InChI=1S/C14H23NO3/c1-5-6-7-15-11(8-9(2)3)13(17)12(10(4)16)14(15)18/h9,11,17H,5-8H2,1-4H3/t11-/m0/s1. The zero-order valence-corrected chi connectivity index (χ0v) is 11.7. The number of nitrogens with zero attached hydrogens (tertiary/aromatic N) is 1. The maximum Gasteiger partial charge on any atom is 0.261 e. The van der Waals surface area contributed by atoms with Crippen molar-refractivity contribution >= 4 is 11.7 Å². The highest BCUT2D eigenvalue weighted by Crippen LogP contribution is 2.29. The summed E-state index contributed by atoms with van der Waals surface area (Å²) in [6, 6.07) is -0.317. The molecule has 1 aliphatic rings. The van der Waals surface area contributed by atoms with Gasteiger partial charge in [0.25, 0.3) is 5.91 Å². The summed E-state index contributed by atoms with van der Waals surface area (Å²) in [5, 5.41) is 10.1. The van der Waals surface area contributed by atoms with Gasteiger partial charge in [-0.1, -0.05) is 27.2 Å². The van der Waals surface area contributed by atoms with Crippen LogP contribution in [0.25, 0.3) is 0 Å². The molecule has 0 radical (unpaired) electrons. The Kier molecular flexibility index (Phi) is 4.93. The van der Waals surface area contributed by atoms with Crippen molar-refractivity contribution in [3.05, 3.63) is 11.3 Å². The third-order valence-corrected chi connectivity index (χ3v) is 3.22. The molecule has 0 aromatic heterocycles. The van der Waals surface area contributed by atoms with E-state index in [-0.39, 0.29) is 29.1 Å². The first kappa shape index (κ1) is 14.7. The summed E-state index contributed by atoms with van der Waals surface area (Å²) in [7, 11) is 0. The Labute approximate surface area is 109 Å². The van der Waals surface area contributed by atoms with Crippen LogP contribution < -0.4 is 0 Å². The van der Waals surface area contributed by atoms with Gasteiger partial charge in [0.05, 0.1) is 6.04 Å². The molecular formula is C14H23NO3. The first-order valence-electron chi connectivity index (χ1n) is 6.65. The molecule has 0 unspecified atom stereocenters. The van der Waals surface area contributed by atoms with Gasteiger partial charge in [-0.05, 0) is 25.7 Å². The molecule has 0 fully saturated rings. The third kappa shape index (κ3) is 2.92. The molecule has 1 heterocycles. The number of aliphatic hydroxyl groups excluding tert-OH is 1. The van der Waals surface area contributed by atoms with Gasteiger partial charge in [0.15, 0.2) is 5.78 Å². The van der Waals surface area contributed by atoms with Crippen molar-refractivity contribution in [3.8, 4) is 0 Å². The van der Waals surface area contributed by atoms with Crippen LogP contribution in [0.15, 0.2) is 11.3 Å². The monoisotopic (exact) mass is 253 g/mol. The minimum absolute atomic E-state index is 0.0169. The van der Waals surface area contributed by atoms with Crippen molar-refractivity contribution < 1.29 is 14.7 Å². The van der Waals surface area contributed by atoms with Gasteiger partial charge in [-0.3, -0.25) is 9.59 Å². The van der Waals surface area contributed by atoms with Gasteiger partial charge >= 0.3 is 0 Å². The minimum Gasteiger partial charge on any atom is -0.509 e. The molecule has 1 aliphatic heterocycles. The second-order valence-electron chi connectivity index (χ2n) is 5.31. The van der Waals surface area contributed by atoms with E-state index >= 15 is 0 Å². The number of amides is 1. The average molecular weight is 253 g/mol. The van der Waals surface area contributed by atoms with Gasteiger partial charge in [0.2, 0.25) is 0 Å². The maximum atomic E-state index is 12.1. The molecule has 1 atom stereocenters. The lowest BCUT2D eigenvalue weighted by molar-refractivity contribution is -0.129. The maximum absolute atomic E-state index is 12.1. The lowest BCUT2D eigenvalue weighted by atomic mass is 10.0. The lowest BCUT2D eigenvalue weighted by Crippen LogP contribution is -2.37. The van der Waals surface area contributed by atoms with Crippen LogP contribution in [-0.2, 0) is 9.59 Å². The van der Waals surface area contributed by atoms with E-state index in [4.69, 9.17) is 0 Å². The van der Waals surface area contributed by atoms with E-state index in [0.29, 0.717) is 18.9 Å². The first-order chi connectivity index (χ1) is 8.40. The van der Waals surface area contributed by atoms with Crippen LogP contribution in [0, 0.1) is 5.92 Å². The summed E-state index contributed by atoms with van der Waals surface area (Å²) in [6.45, 7) is 8.08. The van der Waals surface area contributed by atoms with E-state index in [0.717, 1.165) is 12.8 Å². The van der Waals surface area contributed by atoms with Gasteiger partial charge in [-0.2, -0.15) is 0 Å². The summed E-state index contributed by atoms with van der Waals surface area (Å²) in [5.74, 6) is -0.318. The normalized spacial score (nSPS) is 20.2. The lowest BCUT2D eigenvalue weighted by Gasteiger charge is -2.26. The van der Waals surface area contributed by atoms with Crippen LogP contribution in [0.1, 0.15) is 47.0 Å². The highest BCUT2D eigenvalue weighted by Gasteiger charge is 2.40. The van der Waals surface area contributed by atoms with Gasteiger partial charge in [-0.25, -0.2) is 0 Å². The number of ketones is 1. The number of carbonyl (C=O) groups excluding carboxylic acids is 2. The molecule has 0 saturated carbocycles. The summed E-state index contributed by atoms with van der Waals surface area (Å²) in [6.07, 6.45) is 2.56. The topological polar surface area (TPSA) is 57.6 Å². The highest BCUT2D eigenvalue weighted by molar-refractivity contribution is 6.20. The number of Topliss-reactive ketones (excluding diaryl/α,β-unsaturated/α-hetero) is 1. The molecule has 1 amide bonds. The molecular weight excluding hydrogens is 230 g/mol. The third-order valence-electron chi connectivity index (χ3n) is 3.22. The molecule has 1 rings (SSSR count). The van der Waals surface area contributed by atoms with Crippen molar-refractivity contribution in [2.45, 2.75) is 53.0 Å². The van der Waals surface area contributed by atoms with Crippen LogP contribution in [-0.4, -0.2) is 34.3 Å². The van der Waals surface area contributed by atoms with E-state index in [9.17, 15) is 14.7 Å². The Hall–Kier alpha value is -1.32. The Morgan fingerprint density at radius 1 is 1.44 bits per heavy atom. The van der Waals surface area contributed by atoms with Crippen molar-refractivity contribution in [1.82, 2.24) is 4.90 Å². The fraction of sp³-hybridized carbons (Fsp3) is 0.714. The second kappa shape index (κ2) is 6.03. The quantitative estimate of drug-likeness (QED) is 0.740. The Morgan fingerprint density at radius 2 is 2.06 bits per heavy atom. The van der Waals surface area contributed by atoms with Crippen LogP contribution in [0.5, 0.6) is 0 Å². The average Bonchev–Trinajstić information content (AvgIpc) is 2.48. The summed E-state index contributed by atoms with van der Waals surface area (Å²) in [5.41, 5.74) is -0.0169. The van der Waals surface area contributed by atoms with E-state index in [2.05, 4.69) is 6.92 Å². The van der Waals surface area contributed by atoms with Crippen molar-refractivity contribution in [1.29, 1.82) is 0 Å². The molecule has 18 heavy (non-hydrogen) atoms. The van der Waals surface area contributed by atoms with Crippen molar-refractivity contribution in [3.63, 3.8) is 0 Å². The molecule has 102 valence electrons. The molecule has 0 bridgehead atoms. The predicted molar refractivity (Wildman–Crippen MR) is 70.2 cm³/mol. The van der Waals surface area contributed by atoms with Gasteiger partial charge < -0.3 is 10.0 Å². The Balaban J connectivity index is 2.98. The number of aliphatic hydroxyl groups is 1. The minimum atomic E-state index is -0.342. The van der Waals surface area contributed by atoms with Crippen LogP contribution in [0.4, 0.5) is 0 Å². The fourth-order valence-electron chi connectivity index (χ4n) is 2.31. The highest BCUT2D eigenvalue weighted by atomic mass is 16.3. The zero-order valence-electron chi connectivity index (χ0n) is 11.7. The molecule has 4 heteroatoms. The smallest absolute Gasteiger partial charge is 0.261 e. The largest absolute Gasteiger partial charge is 0.509 e. The van der Waals surface area contributed by atoms with Crippen LogP contribution in [0.2, 0.25) is 0 Å². The molecule has 0 spiro atoms. The SMILES string of the molecule is CCCCN1C(=O)C(C(C)=O)=C(O)[C@@H]1CC(C)C. The first-order valence-corrected chi connectivity index (χ1v) is 6.65. The summed E-state index contributed by atoms with van der Waals surface area (Å²) in [4.78, 5) is 25.2. The summed E-state index contributed by atoms with van der Waals surface area (Å²) >= 11 is 0. The molecule has 0 saturated heterocycles. The van der Waals surface area contributed by atoms with E-state index in [1.807, 2.05) is 13.8 Å². The number of hydrogen-bond donors (Lipinski definition) is 1. The van der Waals surface area contributed by atoms with E-state index in [1.165, 1.54) is 6.92 Å². The number of hydrogen-bond acceptors (Lipinski definition) is 3. The Bertz CT molecular complexity index is 371. The van der Waals surface area contributed by atoms with Crippen molar-refractivity contribution in [2.24, 2.45) is 5.92 Å². The molecule has 0 aliphatic carbocycles. The van der Waals surface area contributed by atoms with E-state index in [1.54, 1.807) is 4.90 Å². The number of rotatable bonds is 6. The molecule has 1 N–H and O–H groups in total. The van der Waals surface area contributed by atoms with Crippen molar-refractivity contribution in [2.75, 3.05) is 6.54 Å². The fourth-order valence-corrected chi connectivity index (χ4v) is 2.31. The van der Waals surface area contributed by atoms with Gasteiger partial charge in [-0.15, -0.1) is 0 Å². The van der Waals surface area contributed by atoms with Gasteiger partial charge in [0, 0.05) is 6.54 Å². The zero-order chi connectivity index (χ0) is 13.9. The summed E-state index contributed by atoms with van der Waals surface area (Å²) < 4.78 is 0. The molecule has 0 aromatic carbocycles. The second-order valence-corrected chi connectivity index (χ2v) is 5.31. The predicted octanol–water partition coefficient (Wildman–Crippen LogP) is 2.44. The van der Waals surface area contributed by atoms with E-state index < -0.39 is 0 Å². The number of unbranched alkanes of at least 4 members (excludes halogenated alkanes) is 1. The van der Waals surface area contributed by atoms with Gasteiger partial charge in [0.1, 0.15) is 11.3 Å². The number of carbonyl (C=O) groups is 2. The Morgan fingerprint density at radius 3 is 2.50 bits per heavy atom. The molecule has 4 nitrogen and oxygen atoms in total. The molecule has 0 aromatic rings.